The zero-order valence-corrected chi connectivity index (χ0v) is 10.2. The zero-order valence-electron chi connectivity index (χ0n) is 10.2. The van der Waals surface area contributed by atoms with Crippen molar-refractivity contribution in [1.29, 1.82) is 0 Å². The number of nitrogens with one attached hydrogen (secondary N) is 1. The number of hydrogen-bond acceptors (Lipinski definition) is 2. The molecule has 0 radical (unpaired) electrons. The topological polar surface area (TPSA) is 55.1 Å². The first kappa shape index (κ1) is 13.6. The molecule has 0 aliphatic carbocycles. The Kier molecular flexibility index (Phi) is 5.10. The van der Waals surface area contributed by atoms with Gasteiger partial charge < -0.3 is 11.1 Å². The van der Waals surface area contributed by atoms with Crippen molar-refractivity contribution in [1.82, 2.24) is 5.32 Å². The Labute approximate surface area is 101 Å². The van der Waals surface area contributed by atoms with Gasteiger partial charge >= 0.3 is 0 Å². The molecule has 2 atom stereocenters. The molecule has 0 saturated carbocycles. The Morgan fingerprint density at radius 3 is 2.76 bits per heavy atom. The van der Waals surface area contributed by atoms with Gasteiger partial charge in [0.05, 0.1) is 0 Å². The SMILES string of the molecule is CC(Cc1cccc(F)c1)C(=O)N[C@@H](C)CN. The fraction of sp³-hybridized carbons (Fsp3) is 0.462. The quantitative estimate of drug-likeness (QED) is 0.816. The van der Waals surface area contributed by atoms with Crippen LogP contribution in [0.2, 0.25) is 0 Å². The molecule has 0 spiro atoms. The summed E-state index contributed by atoms with van der Waals surface area (Å²) in [6, 6.07) is 6.29. The lowest BCUT2D eigenvalue weighted by atomic mass is 10.00. The van der Waals surface area contributed by atoms with Crippen molar-refractivity contribution >= 4 is 5.91 Å². The molecule has 0 heterocycles. The summed E-state index contributed by atoms with van der Waals surface area (Å²) < 4.78 is 13.0. The summed E-state index contributed by atoms with van der Waals surface area (Å²) in [7, 11) is 0. The third-order valence-electron chi connectivity index (χ3n) is 2.62. The second-order valence-electron chi connectivity index (χ2n) is 4.38. The van der Waals surface area contributed by atoms with Crippen LogP contribution in [0, 0.1) is 11.7 Å². The van der Waals surface area contributed by atoms with Crippen LogP contribution in [0.1, 0.15) is 19.4 Å². The Bertz CT molecular complexity index is 381. The van der Waals surface area contributed by atoms with Gasteiger partial charge in [-0.15, -0.1) is 0 Å². The van der Waals surface area contributed by atoms with E-state index in [2.05, 4.69) is 5.32 Å². The van der Waals surface area contributed by atoms with Crippen LogP contribution in [0.4, 0.5) is 4.39 Å². The first-order valence-corrected chi connectivity index (χ1v) is 5.77. The first-order valence-electron chi connectivity index (χ1n) is 5.77. The molecule has 0 saturated heterocycles. The van der Waals surface area contributed by atoms with Crippen LogP contribution >= 0.6 is 0 Å². The smallest absolute Gasteiger partial charge is 0.223 e. The molecule has 1 unspecified atom stereocenters. The van der Waals surface area contributed by atoms with Crippen LogP contribution in [-0.2, 0) is 11.2 Å². The van der Waals surface area contributed by atoms with E-state index in [1.807, 2.05) is 19.9 Å². The van der Waals surface area contributed by atoms with Crippen LogP contribution in [-0.4, -0.2) is 18.5 Å². The molecule has 1 rings (SSSR count). The van der Waals surface area contributed by atoms with Gasteiger partial charge in [-0.25, -0.2) is 4.39 Å². The Hall–Kier alpha value is -1.42. The van der Waals surface area contributed by atoms with Gasteiger partial charge in [-0.3, -0.25) is 4.79 Å². The largest absolute Gasteiger partial charge is 0.352 e. The molecule has 3 nitrogen and oxygen atoms in total. The number of nitrogens with two attached hydrogens (primary N) is 1. The average molecular weight is 238 g/mol. The minimum atomic E-state index is -0.273. The molecule has 3 N–H and O–H groups in total. The fourth-order valence-corrected chi connectivity index (χ4v) is 1.55. The number of amides is 1. The minimum absolute atomic E-state index is 0.0301. The van der Waals surface area contributed by atoms with Crippen LogP contribution < -0.4 is 11.1 Å². The summed E-state index contributed by atoms with van der Waals surface area (Å²) in [6.45, 7) is 4.09. The zero-order chi connectivity index (χ0) is 12.8. The minimum Gasteiger partial charge on any atom is -0.352 e. The molecule has 0 bridgehead atoms. The Morgan fingerprint density at radius 2 is 2.18 bits per heavy atom. The van der Waals surface area contributed by atoms with Gasteiger partial charge in [-0.2, -0.15) is 0 Å². The molecule has 1 aromatic carbocycles. The summed E-state index contributed by atoms with van der Waals surface area (Å²) >= 11 is 0. The highest BCUT2D eigenvalue weighted by Gasteiger charge is 2.15. The highest BCUT2D eigenvalue weighted by Crippen LogP contribution is 2.10. The molecular formula is C13H19FN2O. The molecule has 17 heavy (non-hydrogen) atoms. The lowest BCUT2D eigenvalue weighted by Crippen LogP contribution is -2.41. The van der Waals surface area contributed by atoms with Crippen LogP contribution in [0.5, 0.6) is 0 Å². The van der Waals surface area contributed by atoms with Crippen molar-refractivity contribution in [3.05, 3.63) is 35.6 Å². The van der Waals surface area contributed by atoms with Gasteiger partial charge in [0, 0.05) is 18.5 Å². The molecule has 0 aliphatic heterocycles. The van der Waals surface area contributed by atoms with Gasteiger partial charge in [0.1, 0.15) is 5.82 Å². The van der Waals surface area contributed by atoms with E-state index in [-0.39, 0.29) is 23.7 Å². The maximum absolute atomic E-state index is 13.0. The van der Waals surface area contributed by atoms with E-state index < -0.39 is 0 Å². The Balaban J connectivity index is 2.54. The normalized spacial score (nSPS) is 14.1. The van der Waals surface area contributed by atoms with Crippen LogP contribution in [0.15, 0.2) is 24.3 Å². The molecule has 4 heteroatoms. The maximum Gasteiger partial charge on any atom is 0.223 e. The number of halogens is 1. The molecular weight excluding hydrogens is 219 g/mol. The van der Waals surface area contributed by atoms with E-state index >= 15 is 0 Å². The van der Waals surface area contributed by atoms with Crippen molar-refractivity contribution in [2.75, 3.05) is 6.54 Å². The molecule has 94 valence electrons. The second-order valence-corrected chi connectivity index (χ2v) is 4.38. The number of hydrogen-bond donors (Lipinski definition) is 2. The van der Waals surface area contributed by atoms with Gasteiger partial charge in [0.25, 0.3) is 0 Å². The average Bonchev–Trinajstić information content (AvgIpc) is 2.28. The third-order valence-corrected chi connectivity index (χ3v) is 2.62. The van der Waals surface area contributed by atoms with E-state index in [1.54, 1.807) is 6.07 Å². The highest BCUT2D eigenvalue weighted by molar-refractivity contribution is 5.78. The second kappa shape index (κ2) is 6.35. The number of carbonyl (C=O) groups excluding carboxylic acids is 1. The number of rotatable bonds is 5. The molecule has 0 aliphatic rings. The van der Waals surface area contributed by atoms with Crippen molar-refractivity contribution in [3.63, 3.8) is 0 Å². The van der Waals surface area contributed by atoms with E-state index in [4.69, 9.17) is 5.73 Å². The van der Waals surface area contributed by atoms with E-state index in [1.165, 1.54) is 12.1 Å². The van der Waals surface area contributed by atoms with Crippen molar-refractivity contribution in [2.45, 2.75) is 26.3 Å². The number of carbonyl (C=O) groups is 1. The maximum atomic E-state index is 13.0. The van der Waals surface area contributed by atoms with Crippen molar-refractivity contribution in [3.8, 4) is 0 Å². The van der Waals surface area contributed by atoms with E-state index in [0.717, 1.165) is 5.56 Å². The highest BCUT2D eigenvalue weighted by atomic mass is 19.1. The predicted octanol–water partition coefficient (Wildman–Crippen LogP) is 1.47. The van der Waals surface area contributed by atoms with Crippen molar-refractivity contribution < 1.29 is 9.18 Å². The Morgan fingerprint density at radius 1 is 1.47 bits per heavy atom. The molecule has 1 amide bonds. The van der Waals surface area contributed by atoms with Crippen LogP contribution in [0.25, 0.3) is 0 Å². The summed E-state index contributed by atoms with van der Waals surface area (Å²) in [4.78, 5) is 11.7. The standard InChI is InChI=1S/C13H19FN2O/c1-9(13(17)16-10(2)8-15)6-11-4-3-5-12(14)7-11/h3-5,7,9-10H,6,8,15H2,1-2H3,(H,16,17)/t9?,10-/m0/s1. The van der Waals surface area contributed by atoms with Gasteiger partial charge in [-0.05, 0) is 31.0 Å². The monoisotopic (exact) mass is 238 g/mol. The van der Waals surface area contributed by atoms with Crippen molar-refractivity contribution in [2.24, 2.45) is 11.7 Å². The summed E-state index contributed by atoms with van der Waals surface area (Å²) in [5.74, 6) is -0.511. The summed E-state index contributed by atoms with van der Waals surface area (Å²) in [6.07, 6.45) is 0.529. The van der Waals surface area contributed by atoms with E-state index in [0.29, 0.717) is 13.0 Å². The third kappa shape index (κ3) is 4.53. The van der Waals surface area contributed by atoms with Gasteiger partial charge in [0.15, 0.2) is 0 Å². The summed E-state index contributed by atoms with van der Waals surface area (Å²) in [5.41, 5.74) is 6.26. The molecule has 1 aromatic rings. The predicted molar refractivity (Wildman–Crippen MR) is 65.9 cm³/mol. The first-order chi connectivity index (χ1) is 8.02. The van der Waals surface area contributed by atoms with Gasteiger partial charge in [-0.1, -0.05) is 19.1 Å². The van der Waals surface area contributed by atoms with Crippen LogP contribution in [0.3, 0.4) is 0 Å². The van der Waals surface area contributed by atoms with Gasteiger partial charge in [0.2, 0.25) is 5.91 Å². The lowest BCUT2D eigenvalue weighted by Gasteiger charge is -2.16. The number of benzene rings is 1. The summed E-state index contributed by atoms with van der Waals surface area (Å²) in [5, 5.41) is 2.81. The molecule has 0 fully saturated rings. The fourth-order valence-electron chi connectivity index (χ4n) is 1.55. The molecule has 0 aromatic heterocycles. The lowest BCUT2D eigenvalue weighted by molar-refractivity contribution is -0.125. The van der Waals surface area contributed by atoms with E-state index in [9.17, 15) is 9.18 Å².